The molecule has 2 rings (SSSR count). The first-order valence-corrected chi connectivity index (χ1v) is 6.74. The molecule has 0 radical (unpaired) electrons. The molecule has 0 saturated heterocycles. The van der Waals surface area contributed by atoms with Crippen LogP contribution in [0.5, 0.6) is 0 Å². The van der Waals surface area contributed by atoms with Crippen LogP contribution in [0, 0.1) is 0 Å². The van der Waals surface area contributed by atoms with Crippen molar-refractivity contribution in [1.29, 1.82) is 0 Å². The number of ether oxygens (including phenoxy) is 1. The van der Waals surface area contributed by atoms with Gasteiger partial charge < -0.3 is 14.9 Å². The predicted molar refractivity (Wildman–Crippen MR) is 79.9 cm³/mol. The summed E-state index contributed by atoms with van der Waals surface area (Å²) < 4.78 is 5.61. The zero-order chi connectivity index (χ0) is 14.6. The Morgan fingerprint density at radius 3 is 1.45 bits per heavy atom. The quantitative estimate of drug-likeness (QED) is 0.824. The molecule has 2 N–H and O–H groups in total. The average molecular weight is 274 g/mol. The summed E-state index contributed by atoms with van der Waals surface area (Å²) >= 11 is 0. The lowest BCUT2D eigenvalue weighted by Crippen LogP contribution is -1.99. The summed E-state index contributed by atoms with van der Waals surface area (Å²) in [5, 5.41) is 15.8. The zero-order valence-corrected chi connectivity index (χ0v) is 11.8. The summed E-state index contributed by atoms with van der Waals surface area (Å²) in [7, 11) is 0. The lowest BCUT2D eigenvalue weighted by molar-refractivity contribution is -0.0413. The molecular weight excluding hydrogens is 252 g/mol. The van der Waals surface area contributed by atoms with Gasteiger partial charge in [0.05, 0.1) is 13.2 Å². The van der Waals surface area contributed by atoms with Crippen molar-refractivity contribution >= 4 is 0 Å². The van der Waals surface area contributed by atoms with E-state index in [-0.39, 0.29) is 0 Å². The van der Waals surface area contributed by atoms with Crippen LogP contribution in [0.3, 0.4) is 0 Å². The number of aliphatic hydroxyl groups is 2. The van der Waals surface area contributed by atoms with Crippen molar-refractivity contribution in [2.75, 3.05) is 0 Å². The highest BCUT2D eigenvalue weighted by atomic mass is 16.5. The second kappa shape index (κ2) is 10.1. The first-order valence-electron chi connectivity index (χ1n) is 6.74. The lowest BCUT2D eigenvalue weighted by atomic mass is 10.2. The van der Waals surface area contributed by atoms with Crippen LogP contribution in [0.25, 0.3) is 0 Å². The molecule has 0 spiro atoms. The molecule has 0 unspecified atom stereocenters. The van der Waals surface area contributed by atoms with E-state index in [1.165, 1.54) is 11.1 Å². The van der Waals surface area contributed by atoms with E-state index in [1.54, 1.807) is 6.92 Å². The van der Waals surface area contributed by atoms with E-state index in [2.05, 4.69) is 24.3 Å². The van der Waals surface area contributed by atoms with Crippen LogP contribution in [-0.4, -0.2) is 16.5 Å². The molecule has 0 aromatic heterocycles. The van der Waals surface area contributed by atoms with Gasteiger partial charge in [-0.1, -0.05) is 67.6 Å². The minimum absolute atomic E-state index is 0.417. The van der Waals surface area contributed by atoms with Crippen molar-refractivity contribution in [2.24, 2.45) is 0 Å². The van der Waals surface area contributed by atoms with Crippen molar-refractivity contribution in [1.82, 2.24) is 0 Å². The van der Waals surface area contributed by atoms with E-state index in [9.17, 15) is 0 Å². The topological polar surface area (TPSA) is 49.7 Å². The van der Waals surface area contributed by atoms with E-state index < -0.39 is 6.29 Å². The summed E-state index contributed by atoms with van der Waals surface area (Å²) in [6.07, 6.45) is -0.699. The maximum atomic E-state index is 7.92. The van der Waals surface area contributed by atoms with Gasteiger partial charge in [0.25, 0.3) is 0 Å². The molecule has 3 heteroatoms. The predicted octanol–water partition coefficient (Wildman–Crippen LogP) is 3.11. The number of hydrogen-bond donors (Lipinski definition) is 2. The first kappa shape index (κ1) is 16.4. The monoisotopic (exact) mass is 274 g/mol. The summed E-state index contributed by atoms with van der Waals surface area (Å²) in [6.45, 7) is 3.05. The number of benzene rings is 2. The van der Waals surface area contributed by atoms with Crippen LogP contribution in [0.2, 0.25) is 0 Å². The Kier molecular flexibility index (Phi) is 8.31. The van der Waals surface area contributed by atoms with Crippen molar-refractivity contribution in [2.45, 2.75) is 32.8 Å². The number of hydrogen-bond acceptors (Lipinski definition) is 3. The third kappa shape index (κ3) is 7.69. The van der Waals surface area contributed by atoms with E-state index in [1.807, 2.05) is 36.4 Å². The van der Waals surface area contributed by atoms with Crippen LogP contribution in [0.4, 0.5) is 0 Å². The standard InChI is InChI=1S/C14H14O.C3H8O2/c1-3-7-13(8-4-1)11-15-12-14-9-5-2-6-10-14;1-2-3(4)5/h1-10H,11-12H2;3-5H,2H2,1H3. The minimum Gasteiger partial charge on any atom is -0.372 e. The molecule has 108 valence electrons. The van der Waals surface area contributed by atoms with E-state index in [4.69, 9.17) is 14.9 Å². The molecule has 20 heavy (non-hydrogen) atoms. The first-order chi connectivity index (χ1) is 9.72. The molecule has 0 aliphatic heterocycles. The average Bonchev–Trinajstić information content (AvgIpc) is 2.50. The summed E-state index contributed by atoms with van der Waals surface area (Å²) in [5.41, 5.74) is 2.43. The highest BCUT2D eigenvalue weighted by Gasteiger charge is 1.93. The molecule has 0 heterocycles. The van der Waals surface area contributed by atoms with Crippen LogP contribution in [0.1, 0.15) is 24.5 Å². The van der Waals surface area contributed by atoms with Crippen molar-refractivity contribution in [3.8, 4) is 0 Å². The van der Waals surface area contributed by atoms with Gasteiger partial charge in [-0.3, -0.25) is 0 Å². The Hall–Kier alpha value is -1.68. The Balaban J connectivity index is 0.000000347. The fraction of sp³-hybridized carbons (Fsp3) is 0.294. The summed E-state index contributed by atoms with van der Waals surface area (Å²) in [4.78, 5) is 0. The highest BCUT2D eigenvalue weighted by molar-refractivity contribution is 5.15. The Morgan fingerprint density at radius 1 is 0.800 bits per heavy atom. The molecule has 0 bridgehead atoms. The van der Waals surface area contributed by atoms with Crippen LogP contribution >= 0.6 is 0 Å². The van der Waals surface area contributed by atoms with Crippen LogP contribution in [0.15, 0.2) is 60.7 Å². The molecule has 0 fully saturated rings. The van der Waals surface area contributed by atoms with E-state index >= 15 is 0 Å². The van der Waals surface area contributed by atoms with Gasteiger partial charge >= 0.3 is 0 Å². The molecule has 3 nitrogen and oxygen atoms in total. The zero-order valence-electron chi connectivity index (χ0n) is 11.8. The Morgan fingerprint density at radius 2 is 1.15 bits per heavy atom. The summed E-state index contributed by atoms with van der Waals surface area (Å²) in [6, 6.07) is 20.4. The number of aliphatic hydroxyl groups excluding tert-OH is 1. The van der Waals surface area contributed by atoms with Gasteiger partial charge in [0, 0.05) is 0 Å². The minimum atomic E-state index is -1.12. The largest absolute Gasteiger partial charge is 0.372 e. The van der Waals surface area contributed by atoms with Crippen LogP contribution in [-0.2, 0) is 18.0 Å². The SMILES string of the molecule is CCC(O)O.c1ccc(COCc2ccccc2)cc1. The molecule has 2 aromatic carbocycles. The second-order valence-corrected chi connectivity index (χ2v) is 4.35. The Labute approximate surface area is 120 Å². The fourth-order valence-corrected chi connectivity index (χ4v) is 1.44. The van der Waals surface area contributed by atoms with Crippen LogP contribution < -0.4 is 0 Å². The van der Waals surface area contributed by atoms with Gasteiger partial charge in [-0.2, -0.15) is 0 Å². The third-order valence-corrected chi connectivity index (χ3v) is 2.59. The van der Waals surface area contributed by atoms with Gasteiger partial charge in [-0.15, -0.1) is 0 Å². The normalized spacial score (nSPS) is 10.0. The molecule has 0 atom stereocenters. The maximum absolute atomic E-state index is 7.92. The van der Waals surface area contributed by atoms with Crippen molar-refractivity contribution < 1.29 is 14.9 Å². The van der Waals surface area contributed by atoms with Gasteiger partial charge in [0.2, 0.25) is 0 Å². The Bertz CT molecular complexity index is 401. The van der Waals surface area contributed by atoms with Crippen molar-refractivity contribution in [3.05, 3.63) is 71.8 Å². The molecular formula is C17H22O3. The molecule has 0 saturated carbocycles. The van der Waals surface area contributed by atoms with Gasteiger partial charge in [0.1, 0.15) is 0 Å². The van der Waals surface area contributed by atoms with E-state index in [0.29, 0.717) is 19.6 Å². The van der Waals surface area contributed by atoms with E-state index in [0.717, 1.165) is 0 Å². The lowest BCUT2D eigenvalue weighted by Gasteiger charge is -2.03. The fourth-order valence-electron chi connectivity index (χ4n) is 1.44. The van der Waals surface area contributed by atoms with Gasteiger partial charge in [-0.25, -0.2) is 0 Å². The molecule has 0 aliphatic carbocycles. The number of rotatable bonds is 5. The smallest absolute Gasteiger partial charge is 0.151 e. The third-order valence-electron chi connectivity index (χ3n) is 2.59. The summed E-state index contributed by atoms with van der Waals surface area (Å²) in [5.74, 6) is 0. The maximum Gasteiger partial charge on any atom is 0.151 e. The highest BCUT2D eigenvalue weighted by Crippen LogP contribution is 2.05. The molecule has 0 aliphatic rings. The van der Waals surface area contributed by atoms with Gasteiger partial charge in [0.15, 0.2) is 6.29 Å². The second-order valence-electron chi connectivity index (χ2n) is 4.35. The molecule has 2 aromatic rings. The molecule has 0 amide bonds. The van der Waals surface area contributed by atoms with Gasteiger partial charge in [-0.05, 0) is 17.5 Å². The van der Waals surface area contributed by atoms with Crippen molar-refractivity contribution in [3.63, 3.8) is 0 Å².